The quantitative estimate of drug-likeness (QED) is 0.166. The molecule has 12 aromatic rings. The van der Waals surface area contributed by atoms with Crippen LogP contribution in [0.25, 0.3) is 55.6 Å². The average molecular weight is 982 g/mol. The summed E-state index contributed by atoms with van der Waals surface area (Å²) in [6.07, 6.45) is 0. The molecule has 0 atom stereocenters. The number of rotatable bonds is 6. The molecule has 0 fully saturated rings. The lowest BCUT2D eigenvalue weighted by Crippen LogP contribution is -2.32. The number of fused-ring (bicyclic) bond motifs is 18. The lowest BCUT2D eigenvalue weighted by Gasteiger charge is -2.39. The van der Waals surface area contributed by atoms with Crippen LogP contribution in [0.5, 0.6) is 23.0 Å². The molecular weight excluding hydrogens is 935 g/mol. The van der Waals surface area contributed by atoms with Gasteiger partial charge in [-0.15, -0.1) is 0 Å². The van der Waals surface area contributed by atoms with E-state index < -0.39 is 10.8 Å². The van der Waals surface area contributed by atoms with Gasteiger partial charge in [0.25, 0.3) is 0 Å². The predicted molar refractivity (Wildman–Crippen MR) is 312 cm³/mol. The second-order valence-corrected chi connectivity index (χ2v) is 20.6. The lowest BCUT2D eigenvalue weighted by molar-refractivity contribution is 0.436. The van der Waals surface area contributed by atoms with Gasteiger partial charge in [0.15, 0.2) is 0 Å². The van der Waals surface area contributed by atoms with Crippen molar-refractivity contribution < 1.29 is 9.47 Å². The number of ether oxygens (including phenoxy) is 2. The van der Waals surface area contributed by atoms with Gasteiger partial charge in [-0.1, -0.05) is 231 Å². The van der Waals surface area contributed by atoms with Crippen molar-refractivity contribution in [1.29, 1.82) is 0 Å². The maximum atomic E-state index is 6.76. The highest BCUT2D eigenvalue weighted by Gasteiger charge is 2.53. The van der Waals surface area contributed by atoms with Gasteiger partial charge in [0, 0.05) is 39.1 Å². The third-order valence-corrected chi connectivity index (χ3v) is 16.8. The number of hydrogen-bond donors (Lipinski definition) is 0. The number of para-hydroxylation sites is 5. The molecule has 0 radical (unpaired) electrons. The summed E-state index contributed by atoms with van der Waals surface area (Å²) in [7, 11) is 0. The summed E-state index contributed by atoms with van der Waals surface area (Å²) >= 11 is 0. The van der Waals surface area contributed by atoms with Gasteiger partial charge in [-0.05, 0) is 121 Å². The molecule has 0 bridgehead atoms. The number of benzene rings is 12. The van der Waals surface area contributed by atoms with Crippen molar-refractivity contribution in [2.75, 3.05) is 4.90 Å². The van der Waals surface area contributed by atoms with Gasteiger partial charge in [-0.3, -0.25) is 0 Å². The molecule has 2 spiro atoms. The molecule has 360 valence electrons. The zero-order chi connectivity index (χ0) is 50.7. The van der Waals surface area contributed by atoms with E-state index in [0.29, 0.717) is 0 Å². The Hall–Kier alpha value is -9.96. The molecule has 0 saturated carbocycles. The van der Waals surface area contributed by atoms with Crippen LogP contribution in [0.1, 0.15) is 44.5 Å². The zero-order valence-electron chi connectivity index (χ0n) is 41.9. The van der Waals surface area contributed by atoms with E-state index in [4.69, 9.17) is 9.47 Å². The van der Waals surface area contributed by atoms with Gasteiger partial charge < -0.3 is 14.4 Å². The molecule has 77 heavy (non-hydrogen) atoms. The van der Waals surface area contributed by atoms with Crippen molar-refractivity contribution >= 4 is 17.1 Å². The third kappa shape index (κ3) is 6.14. The first-order valence-electron chi connectivity index (χ1n) is 26.6. The molecule has 3 nitrogen and oxygen atoms in total. The van der Waals surface area contributed by atoms with E-state index in [1.54, 1.807) is 0 Å². The van der Waals surface area contributed by atoms with Crippen molar-refractivity contribution in [2.45, 2.75) is 10.8 Å². The van der Waals surface area contributed by atoms with Crippen LogP contribution < -0.4 is 14.4 Å². The minimum absolute atomic E-state index is 0.555. The van der Waals surface area contributed by atoms with Crippen molar-refractivity contribution in [3.63, 3.8) is 0 Å². The normalized spacial score (nSPS) is 13.9. The Balaban J connectivity index is 0.916. The minimum Gasteiger partial charge on any atom is -0.457 e. The number of hydrogen-bond acceptors (Lipinski definition) is 3. The first kappa shape index (κ1) is 43.4. The molecule has 2 aliphatic carbocycles. The van der Waals surface area contributed by atoms with Gasteiger partial charge in [0.1, 0.15) is 23.0 Å². The molecule has 3 heteroatoms. The highest BCUT2D eigenvalue weighted by Crippen LogP contribution is 2.65. The summed E-state index contributed by atoms with van der Waals surface area (Å²) in [5, 5.41) is 0. The van der Waals surface area contributed by atoms with Gasteiger partial charge in [0.05, 0.1) is 22.2 Å². The van der Waals surface area contributed by atoms with Crippen LogP contribution in [0.3, 0.4) is 0 Å². The fourth-order valence-corrected chi connectivity index (χ4v) is 13.7. The Morgan fingerprint density at radius 1 is 0.234 bits per heavy atom. The smallest absolute Gasteiger partial charge is 0.132 e. The van der Waals surface area contributed by atoms with Crippen LogP contribution in [-0.2, 0) is 10.8 Å². The Kier molecular flexibility index (Phi) is 9.47. The Morgan fingerprint density at radius 3 is 1.18 bits per heavy atom. The molecule has 12 aromatic carbocycles. The average Bonchev–Trinajstić information content (AvgIpc) is 3.84. The second-order valence-electron chi connectivity index (χ2n) is 20.6. The summed E-state index contributed by atoms with van der Waals surface area (Å²) < 4.78 is 13.4. The SMILES string of the molecule is c1ccc(-c2ccc(-c3ccc(N(c4ccccc4-c4ccc5c(c4)-c4ccccc4C54c5ccccc5Oc5ccccc54)c4cccc5c4-c4ccccc4C54c5ccccc5Oc5ccccc54)cc3)cc2)cc1. The van der Waals surface area contributed by atoms with Gasteiger partial charge >= 0.3 is 0 Å². The first-order valence-corrected chi connectivity index (χ1v) is 26.6. The maximum absolute atomic E-state index is 6.76. The molecule has 16 rings (SSSR count). The summed E-state index contributed by atoms with van der Waals surface area (Å²) in [5.74, 6) is 3.53. The Morgan fingerprint density at radius 2 is 0.610 bits per heavy atom. The maximum Gasteiger partial charge on any atom is 0.132 e. The first-order chi connectivity index (χ1) is 38.2. The van der Waals surface area contributed by atoms with E-state index in [1.807, 2.05) is 0 Å². The van der Waals surface area contributed by atoms with E-state index in [1.165, 1.54) is 61.2 Å². The van der Waals surface area contributed by atoms with Crippen LogP contribution in [0.4, 0.5) is 17.1 Å². The van der Waals surface area contributed by atoms with Gasteiger partial charge in [0.2, 0.25) is 0 Å². The standard InChI is InChI=1S/C74H47NO2/c1-2-19-48(20-3-1)49-37-39-50(40-38-49)51-41-44-53(45-42-51)75(67-32-18-30-65-72(67)56-23-5-8-25-59(56)74(65)63-28-11-16-35-70(63)77-71-36-17-12-29-64(71)74)66-31-13-6-21-54(66)52-43-46-60-57(47-52)55-22-4-7-24-58(55)73(60)61-26-9-14-33-68(61)76-69-34-15-10-27-62(69)73/h1-47H. The molecule has 0 unspecified atom stereocenters. The van der Waals surface area contributed by atoms with Crippen molar-refractivity contribution in [3.05, 3.63) is 330 Å². The van der Waals surface area contributed by atoms with Crippen LogP contribution in [0, 0.1) is 0 Å². The summed E-state index contributed by atoms with van der Waals surface area (Å²) in [5.41, 5.74) is 23.5. The molecule has 4 aliphatic rings. The molecule has 2 aliphatic heterocycles. The summed E-state index contributed by atoms with van der Waals surface area (Å²) in [6.45, 7) is 0. The van der Waals surface area contributed by atoms with Crippen molar-refractivity contribution in [2.24, 2.45) is 0 Å². The summed E-state index contributed by atoms with van der Waals surface area (Å²) in [6, 6.07) is 104. The number of anilines is 3. The highest BCUT2D eigenvalue weighted by atomic mass is 16.5. The minimum atomic E-state index is -0.626. The Labute approximate surface area is 448 Å². The molecule has 2 heterocycles. The Bertz CT molecular complexity index is 4250. The van der Waals surface area contributed by atoms with Gasteiger partial charge in [-0.25, -0.2) is 0 Å². The van der Waals surface area contributed by atoms with E-state index in [-0.39, 0.29) is 0 Å². The topological polar surface area (TPSA) is 21.7 Å². The molecule has 0 N–H and O–H groups in total. The monoisotopic (exact) mass is 981 g/mol. The predicted octanol–water partition coefficient (Wildman–Crippen LogP) is 19.1. The van der Waals surface area contributed by atoms with Gasteiger partial charge in [-0.2, -0.15) is 0 Å². The van der Waals surface area contributed by atoms with Crippen molar-refractivity contribution in [3.8, 4) is 78.6 Å². The van der Waals surface area contributed by atoms with Crippen LogP contribution in [0.15, 0.2) is 285 Å². The fourth-order valence-electron chi connectivity index (χ4n) is 13.7. The second kappa shape index (κ2) is 16.8. The fraction of sp³-hybridized carbons (Fsp3) is 0.0270. The van der Waals surface area contributed by atoms with Crippen LogP contribution in [0.2, 0.25) is 0 Å². The van der Waals surface area contributed by atoms with E-state index in [2.05, 4.69) is 290 Å². The molecule has 0 amide bonds. The zero-order valence-corrected chi connectivity index (χ0v) is 41.9. The number of nitrogens with zero attached hydrogens (tertiary/aromatic N) is 1. The molecule has 0 aromatic heterocycles. The van der Waals surface area contributed by atoms with E-state index in [0.717, 1.165) is 79.0 Å². The third-order valence-electron chi connectivity index (χ3n) is 16.8. The van der Waals surface area contributed by atoms with E-state index >= 15 is 0 Å². The summed E-state index contributed by atoms with van der Waals surface area (Å²) in [4.78, 5) is 2.51. The highest BCUT2D eigenvalue weighted by molar-refractivity contribution is 6.01. The van der Waals surface area contributed by atoms with Crippen LogP contribution >= 0.6 is 0 Å². The molecule has 0 saturated heterocycles. The lowest BCUT2D eigenvalue weighted by atomic mass is 9.66. The molecular formula is C74H47NO2. The van der Waals surface area contributed by atoms with Crippen molar-refractivity contribution in [1.82, 2.24) is 0 Å². The van der Waals surface area contributed by atoms with Crippen LogP contribution in [-0.4, -0.2) is 0 Å². The van der Waals surface area contributed by atoms with E-state index in [9.17, 15) is 0 Å². The largest absolute Gasteiger partial charge is 0.457 e.